The van der Waals surface area contributed by atoms with Gasteiger partial charge in [-0.15, -0.1) is 0 Å². The van der Waals surface area contributed by atoms with Crippen LogP contribution in [0.3, 0.4) is 0 Å². The average molecular weight is 221 g/mol. The van der Waals surface area contributed by atoms with Gasteiger partial charge in [0.1, 0.15) is 0 Å². The molecular weight excluding hydrogens is 202 g/mol. The molecule has 4 heteroatoms. The van der Waals surface area contributed by atoms with Crippen LogP contribution in [-0.4, -0.2) is 37.9 Å². The summed E-state index contributed by atoms with van der Waals surface area (Å²) >= 11 is 0. The smallest absolute Gasteiger partial charge is 0.0625 e. The summed E-state index contributed by atoms with van der Waals surface area (Å²) in [6, 6.07) is 7.78. The summed E-state index contributed by atoms with van der Waals surface area (Å²) in [5.41, 5.74) is 8.10. The molecule has 0 saturated carbocycles. The van der Waals surface area contributed by atoms with Crippen LogP contribution in [0.25, 0.3) is 0 Å². The Labute approximate surface area is 96.1 Å². The van der Waals surface area contributed by atoms with Gasteiger partial charge in [0.05, 0.1) is 12.6 Å². The number of nitrogens with one attached hydrogen (secondary N) is 1. The molecule has 4 N–H and O–H groups in total. The van der Waals surface area contributed by atoms with Gasteiger partial charge in [0, 0.05) is 31.9 Å². The normalized spacial score (nSPS) is 18.5. The number of anilines is 1. The highest BCUT2D eigenvalue weighted by Gasteiger charge is 2.16. The molecule has 4 nitrogen and oxygen atoms in total. The lowest BCUT2D eigenvalue weighted by atomic mass is 10.0. The first-order valence-corrected chi connectivity index (χ1v) is 5.74. The van der Waals surface area contributed by atoms with Crippen LogP contribution >= 0.6 is 0 Å². The number of aliphatic hydroxyl groups excluding tert-OH is 1. The Bertz CT molecular complexity index is 337. The molecule has 1 aromatic rings. The Morgan fingerprint density at radius 3 is 2.69 bits per heavy atom. The van der Waals surface area contributed by atoms with E-state index in [0.29, 0.717) is 0 Å². The maximum atomic E-state index is 9.16. The maximum Gasteiger partial charge on any atom is 0.0625 e. The monoisotopic (exact) mass is 221 g/mol. The van der Waals surface area contributed by atoms with Crippen molar-refractivity contribution < 1.29 is 5.11 Å². The Balaban J connectivity index is 2.24. The molecule has 2 rings (SSSR count). The van der Waals surface area contributed by atoms with Crippen LogP contribution in [0.2, 0.25) is 0 Å². The standard InChI is InChI=1S/C12H19N3O/c13-11(9-16)10-3-1-2-4-12(10)15-7-5-14-6-8-15/h1-4,11,14,16H,5-9,13H2/t11-/m1/s1. The van der Waals surface area contributed by atoms with Gasteiger partial charge in [0.2, 0.25) is 0 Å². The Morgan fingerprint density at radius 2 is 2.00 bits per heavy atom. The van der Waals surface area contributed by atoms with Crippen molar-refractivity contribution >= 4 is 5.69 Å². The van der Waals surface area contributed by atoms with Gasteiger partial charge in [-0.1, -0.05) is 18.2 Å². The van der Waals surface area contributed by atoms with Crippen LogP contribution < -0.4 is 16.0 Å². The minimum Gasteiger partial charge on any atom is -0.394 e. The van der Waals surface area contributed by atoms with Crippen LogP contribution in [0.15, 0.2) is 24.3 Å². The molecule has 1 aromatic carbocycles. The summed E-state index contributed by atoms with van der Waals surface area (Å²) in [6.45, 7) is 3.98. The summed E-state index contributed by atoms with van der Waals surface area (Å²) in [7, 11) is 0. The summed E-state index contributed by atoms with van der Waals surface area (Å²) in [6.07, 6.45) is 0. The number of hydrogen-bond acceptors (Lipinski definition) is 4. The fraction of sp³-hybridized carbons (Fsp3) is 0.500. The number of hydrogen-bond donors (Lipinski definition) is 3. The molecule has 0 unspecified atom stereocenters. The summed E-state index contributed by atoms with van der Waals surface area (Å²) in [4.78, 5) is 2.32. The minimum absolute atomic E-state index is 0.0108. The van der Waals surface area contributed by atoms with E-state index in [0.717, 1.165) is 37.4 Å². The first-order valence-electron chi connectivity index (χ1n) is 5.74. The van der Waals surface area contributed by atoms with E-state index in [-0.39, 0.29) is 12.6 Å². The third kappa shape index (κ3) is 2.35. The summed E-state index contributed by atoms with van der Waals surface area (Å²) < 4.78 is 0. The molecule has 0 aliphatic carbocycles. The zero-order valence-electron chi connectivity index (χ0n) is 9.39. The lowest BCUT2D eigenvalue weighted by molar-refractivity contribution is 0.268. The predicted molar refractivity (Wildman–Crippen MR) is 65.5 cm³/mol. The highest BCUT2D eigenvalue weighted by Crippen LogP contribution is 2.25. The maximum absolute atomic E-state index is 9.16. The highest BCUT2D eigenvalue weighted by molar-refractivity contribution is 5.55. The number of nitrogens with zero attached hydrogens (tertiary/aromatic N) is 1. The largest absolute Gasteiger partial charge is 0.394 e. The zero-order valence-corrected chi connectivity index (χ0v) is 9.39. The summed E-state index contributed by atoms with van der Waals surface area (Å²) in [5.74, 6) is 0. The molecule has 16 heavy (non-hydrogen) atoms. The fourth-order valence-electron chi connectivity index (χ4n) is 2.09. The Kier molecular flexibility index (Phi) is 3.77. The molecule has 1 fully saturated rings. The van der Waals surface area contributed by atoms with Crippen molar-refractivity contribution in [2.75, 3.05) is 37.7 Å². The average Bonchev–Trinajstić information content (AvgIpc) is 2.39. The number of rotatable bonds is 3. The lowest BCUT2D eigenvalue weighted by Crippen LogP contribution is -2.44. The molecule has 0 aromatic heterocycles. The third-order valence-corrected chi connectivity index (χ3v) is 2.99. The Morgan fingerprint density at radius 1 is 1.31 bits per heavy atom. The second-order valence-electron chi connectivity index (χ2n) is 4.08. The van der Waals surface area contributed by atoms with Gasteiger partial charge in [0.25, 0.3) is 0 Å². The van der Waals surface area contributed by atoms with E-state index >= 15 is 0 Å². The van der Waals surface area contributed by atoms with Crippen molar-refractivity contribution in [3.05, 3.63) is 29.8 Å². The van der Waals surface area contributed by atoms with E-state index in [9.17, 15) is 0 Å². The number of para-hydroxylation sites is 1. The van der Waals surface area contributed by atoms with Gasteiger partial charge < -0.3 is 21.1 Å². The molecule has 0 radical (unpaired) electrons. The zero-order chi connectivity index (χ0) is 11.4. The van der Waals surface area contributed by atoms with Crippen molar-refractivity contribution in [3.63, 3.8) is 0 Å². The fourth-order valence-corrected chi connectivity index (χ4v) is 2.09. The van der Waals surface area contributed by atoms with Gasteiger partial charge in [-0.2, -0.15) is 0 Å². The number of nitrogens with two attached hydrogens (primary N) is 1. The Hall–Kier alpha value is -1.10. The van der Waals surface area contributed by atoms with Crippen molar-refractivity contribution in [1.29, 1.82) is 0 Å². The SMILES string of the molecule is N[C@H](CO)c1ccccc1N1CCNCC1. The van der Waals surface area contributed by atoms with Crippen LogP contribution in [0.1, 0.15) is 11.6 Å². The summed E-state index contributed by atoms with van der Waals surface area (Å²) in [5, 5.41) is 12.5. The second kappa shape index (κ2) is 5.30. The number of piperazine rings is 1. The second-order valence-corrected chi connectivity index (χ2v) is 4.08. The van der Waals surface area contributed by atoms with Gasteiger partial charge in [-0.3, -0.25) is 0 Å². The van der Waals surface area contributed by atoms with E-state index in [1.807, 2.05) is 18.2 Å². The van der Waals surface area contributed by atoms with Crippen molar-refractivity contribution in [3.8, 4) is 0 Å². The molecule has 88 valence electrons. The molecule has 1 saturated heterocycles. The molecule has 1 aliphatic rings. The molecule has 1 heterocycles. The molecular formula is C12H19N3O. The van der Waals surface area contributed by atoms with Crippen molar-refractivity contribution in [2.45, 2.75) is 6.04 Å². The number of benzene rings is 1. The van der Waals surface area contributed by atoms with Crippen LogP contribution in [0.4, 0.5) is 5.69 Å². The molecule has 1 aliphatic heterocycles. The van der Waals surface area contributed by atoms with Crippen LogP contribution in [0.5, 0.6) is 0 Å². The van der Waals surface area contributed by atoms with Gasteiger partial charge in [-0.05, 0) is 11.6 Å². The molecule has 1 atom stereocenters. The topological polar surface area (TPSA) is 61.5 Å². The van der Waals surface area contributed by atoms with Gasteiger partial charge >= 0.3 is 0 Å². The first kappa shape index (κ1) is 11.4. The molecule has 0 bridgehead atoms. The van der Waals surface area contributed by atoms with Crippen LogP contribution in [0, 0.1) is 0 Å². The molecule has 0 spiro atoms. The first-order chi connectivity index (χ1) is 7.83. The predicted octanol–water partition coefficient (Wildman–Crippen LogP) is 0.0883. The minimum atomic E-state index is -0.286. The van der Waals surface area contributed by atoms with E-state index in [1.54, 1.807) is 0 Å². The lowest BCUT2D eigenvalue weighted by Gasteiger charge is -2.32. The van der Waals surface area contributed by atoms with E-state index < -0.39 is 0 Å². The van der Waals surface area contributed by atoms with Gasteiger partial charge in [-0.25, -0.2) is 0 Å². The number of aliphatic hydroxyl groups is 1. The van der Waals surface area contributed by atoms with Crippen molar-refractivity contribution in [1.82, 2.24) is 5.32 Å². The molecule has 0 amide bonds. The quantitative estimate of drug-likeness (QED) is 0.677. The highest BCUT2D eigenvalue weighted by atomic mass is 16.3. The van der Waals surface area contributed by atoms with E-state index in [1.165, 1.54) is 0 Å². The van der Waals surface area contributed by atoms with Crippen LogP contribution in [-0.2, 0) is 0 Å². The van der Waals surface area contributed by atoms with Gasteiger partial charge in [0.15, 0.2) is 0 Å². The van der Waals surface area contributed by atoms with E-state index in [2.05, 4.69) is 16.3 Å². The van der Waals surface area contributed by atoms with Crippen molar-refractivity contribution in [2.24, 2.45) is 5.73 Å². The van der Waals surface area contributed by atoms with E-state index in [4.69, 9.17) is 10.8 Å². The third-order valence-electron chi connectivity index (χ3n) is 2.99.